The van der Waals surface area contributed by atoms with Gasteiger partial charge in [-0.2, -0.15) is 0 Å². The Bertz CT molecular complexity index is 373. The molecule has 1 aliphatic heterocycles. The van der Waals surface area contributed by atoms with Crippen LogP contribution >= 0.6 is 0 Å². The monoisotopic (exact) mass is 328 g/mol. The molecule has 1 atom stereocenters. The summed E-state index contributed by atoms with van der Waals surface area (Å²) in [6.45, 7) is 10.8. The highest BCUT2D eigenvalue weighted by molar-refractivity contribution is 5.89. The normalized spacial score (nSPS) is 17.6. The Hall–Kier alpha value is -1.14. The molecule has 1 rings (SSSR count). The number of ether oxygens (including phenoxy) is 2. The topological polar surface area (TPSA) is 76.7 Å². The molecule has 134 valence electrons. The van der Waals surface area contributed by atoms with Crippen molar-refractivity contribution < 1.29 is 19.1 Å². The second-order valence-electron chi connectivity index (χ2n) is 7.22. The first-order valence-corrected chi connectivity index (χ1v) is 8.55. The fourth-order valence-electron chi connectivity index (χ4n) is 2.18. The van der Waals surface area contributed by atoms with E-state index < -0.39 is 11.5 Å². The first-order valence-electron chi connectivity index (χ1n) is 8.55. The summed E-state index contributed by atoms with van der Waals surface area (Å²) in [6, 6.07) is -0.523. The SMILES string of the molecule is CC(NC(=O)C(C)(C)C)C(=O)NCCCOCC1CCOCC1. The van der Waals surface area contributed by atoms with Gasteiger partial charge in [0.05, 0.1) is 0 Å². The maximum atomic E-state index is 11.9. The summed E-state index contributed by atoms with van der Waals surface area (Å²) < 4.78 is 11.0. The lowest BCUT2D eigenvalue weighted by Crippen LogP contribution is -2.48. The highest BCUT2D eigenvalue weighted by Gasteiger charge is 2.24. The molecule has 0 radical (unpaired) electrons. The van der Waals surface area contributed by atoms with Crippen LogP contribution in [0.1, 0.15) is 47.0 Å². The van der Waals surface area contributed by atoms with Gasteiger partial charge < -0.3 is 20.1 Å². The van der Waals surface area contributed by atoms with Crippen LogP contribution in [0.2, 0.25) is 0 Å². The lowest BCUT2D eigenvalue weighted by molar-refractivity contribution is -0.133. The van der Waals surface area contributed by atoms with Gasteiger partial charge in [-0.1, -0.05) is 20.8 Å². The molecule has 0 aromatic heterocycles. The second kappa shape index (κ2) is 9.88. The third-order valence-corrected chi connectivity index (χ3v) is 3.88. The number of hydrogen-bond acceptors (Lipinski definition) is 4. The van der Waals surface area contributed by atoms with Gasteiger partial charge in [0.1, 0.15) is 6.04 Å². The van der Waals surface area contributed by atoms with Crippen molar-refractivity contribution >= 4 is 11.8 Å². The van der Waals surface area contributed by atoms with Crippen molar-refractivity contribution in [1.82, 2.24) is 10.6 Å². The Morgan fingerprint density at radius 3 is 2.52 bits per heavy atom. The molecule has 0 aromatic carbocycles. The van der Waals surface area contributed by atoms with Crippen LogP contribution in [0, 0.1) is 11.3 Å². The van der Waals surface area contributed by atoms with Crippen LogP contribution < -0.4 is 10.6 Å². The van der Waals surface area contributed by atoms with E-state index in [1.165, 1.54) is 0 Å². The van der Waals surface area contributed by atoms with E-state index >= 15 is 0 Å². The van der Waals surface area contributed by atoms with E-state index in [0.29, 0.717) is 19.1 Å². The van der Waals surface area contributed by atoms with Gasteiger partial charge in [-0.25, -0.2) is 0 Å². The Balaban J connectivity index is 2.05. The number of hydrogen-bond donors (Lipinski definition) is 2. The number of nitrogens with one attached hydrogen (secondary N) is 2. The van der Waals surface area contributed by atoms with Crippen molar-refractivity contribution in [2.24, 2.45) is 11.3 Å². The van der Waals surface area contributed by atoms with Crippen LogP contribution in [-0.4, -0.2) is 50.8 Å². The average Bonchev–Trinajstić information content (AvgIpc) is 2.50. The highest BCUT2D eigenvalue weighted by Crippen LogP contribution is 2.14. The summed E-state index contributed by atoms with van der Waals surface area (Å²) >= 11 is 0. The number of rotatable bonds is 8. The van der Waals surface area contributed by atoms with E-state index in [4.69, 9.17) is 9.47 Å². The van der Waals surface area contributed by atoms with Crippen molar-refractivity contribution in [3.63, 3.8) is 0 Å². The van der Waals surface area contributed by atoms with Crippen LogP contribution in [0.5, 0.6) is 0 Å². The maximum Gasteiger partial charge on any atom is 0.242 e. The smallest absolute Gasteiger partial charge is 0.242 e. The molecule has 23 heavy (non-hydrogen) atoms. The molecule has 1 fully saturated rings. The van der Waals surface area contributed by atoms with E-state index in [0.717, 1.165) is 39.1 Å². The molecule has 0 aliphatic carbocycles. The average molecular weight is 328 g/mol. The van der Waals surface area contributed by atoms with Gasteiger partial charge in [0.15, 0.2) is 0 Å². The molecular formula is C17H32N2O4. The highest BCUT2D eigenvalue weighted by atomic mass is 16.5. The Labute approximate surface area is 139 Å². The quantitative estimate of drug-likeness (QED) is 0.662. The van der Waals surface area contributed by atoms with Crippen molar-refractivity contribution in [2.75, 3.05) is 33.0 Å². The van der Waals surface area contributed by atoms with Crippen molar-refractivity contribution in [1.29, 1.82) is 0 Å². The number of amides is 2. The van der Waals surface area contributed by atoms with Crippen LogP contribution in [0.3, 0.4) is 0 Å². The van der Waals surface area contributed by atoms with E-state index in [9.17, 15) is 9.59 Å². The fourth-order valence-corrected chi connectivity index (χ4v) is 2.18. The predicted molar refractivity (Wildman–Crippen MR) is 89.0 cm³/mol. The summed E-state index contributed by atoms with van der Waals surface area (Å²) in [7, 11) is 0. The van der Waals surface area contributed by atoms with Gasteiger partial charge >= 0.3 is 0 Å². The summed E-state index contributed by atoms with van der Waals surface area (Å²) in [5.74, 6) is 0.318. The lowest BCUT2D eigenvalue weighted by atomic mass is 9.95. The summed E-state index contributed by atoms with van der Waals surface area (Å²) in [4.78, 5) is 23.7. The second-order valence-corrected chi connectivity index (χ2v) is 7.22. The van der Waals surface area contributed by atoms with Crippen LogP contribution in [0.4, 0.5) is 0 Å². The molecule has 0 bridgehead atoms. The zero-order valence-electron chi connectivity index (χ0n) is 14.9. The molecule has 1 unspecified atom stereocenters. The number of carbonyl (C=O) groups excluding carboxylic acids is 2. The molecule has 1 heterocycles. The minimum atomic E-state index is -0.523. The maximum absolute atomic E-state index is 11.9. The first kappa shape index (κ1) is 19.9. The van der Waals surface area contributed by atoms with E-state index in [-0.39, 0.29) is 11.8 Å². The van der Waals surface area contributed by atoms with Gasteiger partial charge in [0.25, 0.3) is 0 Å². The van der Waals surface area contributed by atoms with Crippen molar-refractivity contribution in [2.45, 2.75) is 53.0 Å². The molecular weight excluding hydrogens is 296 g/mol. The summed E-state index contributed by atoms with van der Waals surface area (Å²) in [5.41, 5.74) is -0.494. The van der Waals surface area contributed by atoms with Gasteiger partial charge in [-0.15, -0.1) is 0 Å². The van der Waals surface area contributed by atoms with E-state index in [1.54, 1.807) is 6.92 Å². The molecule has 6 heteroatoms. The molecule has 0 aromatic rings. The first-order chi connectivity index (χ1) is 10.8. The van der Waals surface area contributed by atoms with Gasteiger partial charge in [0.2, 0.25) is 11.8 Å². The zero-order chi connectivity index (χ0) is 17.3. The molecule has 1 aliphatic rings. The van der Waals surface area contributed by atoms with E-state index in [1.807, 2.05) is 20.8 Å². The van der Waals surface area contributed by atoms with Crippen molar-refractivity contribution in [3.05, 3.63) is 0 Å². The Morgan fingerprint density at radius 1 is 1.26 bits per heavy atom. The largest absolute Gasteiger partial charge is 0.381 e. The number of carbonyl (C=O) groups is 2. The molecule has 2 N–H and O–H groups in total. The minimum Gasteiger partial charge on any atom is -0.381 e. The van der Waals surface area contributed by atoms with Gasteiger partial charge in [-0.05, 0) is 32.1 Å². The third-order valence-electron chi connectivity index (χ3n) is 3.88. The van der Waals surface area contributed by atoms with E-state index in [2.05, 4.69) is 10.6 Å². The molecule has 0 saturated carbocycles. The van der Waals surface area contributed by atoms with Crippen molar-refractivity contribution in [3.8, 4) is 0 Å². The summed E-state index contributed by atoms with van der Waals surface area (Å²) in [5, 5.41) is 5.54. The van der Waals surface area contributed by atoms with Gasteiger partial charge in [-0.3, -0.25) is 9.59 Å². The standard InChI is InChI=1S/C17H32N2O4/c1-13(19-16(21)17(2,3)4)15(20)18-8-5-9-23-12-14-6-10-22-11-7-14/h13-14H,5-12H2,1-4H3,(H,18,20)(H,19,21). The Morgan fingerprint density at radius 2 is 1.91 bits per heavy atom. The molecule has 2 amide bonds. The van der Waals surface area contributed by atoms with Crippen LogP contribution in [-0.2, 0) is 19.1 Å². The fraction of sp³-hybridized carbons (Fsp3) is 0.882. The Kier molecular flexibility index (Phi) is 8.55. The lowest BCUT2D eigenvalue weighted by Gasteiger charge is -2.22. The predicted octanol–water partition coefficient (Wildman–Crippen LogP) is 1.49. The van der Waals surface area contributed by atoms with Gasteiger partial charge in [0, 0.05) is 38.4 Å². The van der Waals surface area contributed by atoms with Crippen LogP contribution in [0.25, 0.3) is 0 Å². The minimum absolute atomic E-state index is 0.125. The zero-order valence-corrected chi connectivity index (χ0v) is 14.9. The molecule has 1 saturated heterocycles. The van der Waals surface area contributed by atoms with Crippen LogP contribution in [0.15, 0.2) is 0 Å². The molecule has 0 spiro atoms. The third kappa shape index (κ3) is 8.32. The molecule has 6 nitrogen and oxygen atoms in total. The summed E-state index contributed by atoms with van der Waals surface area (Å²) in [6.07, 6.45) is 2.92.